The number of hydrogen-bond donors (Lipinski definition) is 5. The molecular weight excluding hydrogens is 319 g/mol. The normalized spacial score (nSPS) is 29.3. The van der Waals surface area contributed by atoms with Crippen LogP contribution in [0.2, 0.25) is 0 Å². The molecule has 12 heteroatoms. The minimum Gasteiger partial charge on any atom is -0.387 e. The Bertz CT molecular complexity index is 718. The molecule has 0 amide bonds. The summed E-state index contributed by atoms with van der Waals surface area (Å²) < 4.78 is 21.9. The van der Waals surface area contributed by atoms with Crippen molar-refractivity contribution >= 4 is 19.0 Å². The first-order valence-electron chi connectivity index (χ1n) is 6.27. The SMILES string of the molecule is O=P(O)(O)OC[C@H]1O[C@@H]([n+]2c[nH]c3cncnc32)[C@H](O)[C@@H]1O. The van der Waals surface area contributed by atoms with E-state index in [9.17, 15) is 14.8 Å². The molecule has 0 aliphatic carbocycles. The van der Waals surface area contributed by atoms with Crippen LogP contribution < -0.4 is 4.57 Å². The minimum atomic E-state index is -4.69. The highest BCUT2D eigenvalue weighted by Crippen LogP contribution is 2.37. The molecule has 1 fully saturated rings. The van der Waals surface area contributed by atoms with Crippen LogP contribution in [0.1, 0.15) is 6.23 Å². The Morgan fingerprint density at radius 2 is 2.18 bits per heavy atom. The Labute approximate surface area is 123 Å². The number of H-pyrrole nitrogens is 1. The Hall–Kier alpha value is -1.46. The van der Waals surface area contributed by atoms with Crippen molar-refractivity contribution in [3.63, 3.8) is 0 Å². The molecule has 11 nitrogen and oxygen atoms in total. The van der Waals surface area contributed by atoms with E-state index in [0.717, 1.165) is 0 Å². The topological polar surface area (TPSA) is 162 Å². The fourth-order valence-electron chi connectivity index (χ4n) is 2.29. The van der Waals surface area contributed by atoms with E-state index in [0.29, 0.717) is 11.2 Å². The highest BCUT2D eigenvalue weighted by Gasteiger charge is 2.47. The van der Waals surface area contributed by atoms with Crippen molar-refractivity contribution in [2.75, 3.05) is 6.61 Å². The van der Waals surface area contributed by atoms with Crippen molar-refractivity contribution in [2.45, 2.75) is 24.5 Å². The van der Waals surface area contributed by atoms with Crippen LogP contribution in [-0.2, 0) is 13.8 Å². The van der Waals surface area contributed by atoms with Gasteiger partial charge in [0.05, 0.1) is 12.8 Å². The Balaban J connectivity index is 1.82. The second kappa shape index (κ2) is 5.63. The molecule has 0 spiro atoms. The number of aromatic nitrogens is 4. The molecule has 3 heterocycles. The lowest BCUT2D eigenvalue weighted by molar-refractivity contribution is -0.745. The number of phosphoric acid groups is 1. The first-order chi connectivity index (χ1) is 10.4. The number of phosphoric ester groups is 1. The van der Waals surface area contributed by atoms with E-state index in [2.05, 4.69) is 19.5 Å². The zero-order chi connectivity index (χ0) is 15.9. The summed E-state index contributed by atoms with van der Waals surface area (Å²) in [5, 5.41) is 20.0. The number of aliphatic hydroxyl groups is 2. The highest BCUT2D eigenvalue weighted by atomic mass is 31.2. The second-order valence-electron chi connectivity index (χ2n) is 4.77. The van der Waals surface area contributed by atoms with Gasteiger partial charge in [-0.1, -0.05) is 4.98 Å². The van der Waals surface area contributed by atoms with Gasteiger partial charge in [-0.15, -0.1) is 0 Å². The minimum absolute atomic E-state index is 0.447. The van der Waals surface area contributed by atoms with Gasteiger partial charge in [0.1, 0.15) is 18.3 Å². The van der Waals surface area contributed by atoms with E-state index in [1.165, 1.54) is 23.4 Å². The summed E-state index contributed by atoms with van der Waals surface area (Å²) in [5.41, 5.74) is 1.05. The van der Waals surface area contributed by atoms with E-state index in [1.807, 2.05) is 0 Å². The summed E-state index contributed by atoms with van der Waals surface area (Å²) in [6, 6.07) is 0. The Morgan fingerprint density at radius 3 is 2.91 bits per heavy atom. The molecular formula is C10H14N4O7P+. The monoisotopic (exact) mass is 333 g/mol. The Kier molecular flexibility index (Phi) is 3.95. The quantitative estimate of drug-likeness (QED) is 0.314. The van der Waals surface area contributed by atoms with Gasteiger partial charge in [0.2, 0.25) is 6.23 Å². The Morgan fingerprint density at radius 1 is 1.41 bits per heavy atom. The predicted octanol–water partition coefficient (Wildman–Crippen LogP) is -2.03. The third-order valence-corrected chi connectivity index (χ3v) is 3.80. The number of nitrogens with zero attached hydrogens (tertiary/aromatic N) is 3. The summed E-state index contributed by atoms with van der Waals surface area (Å²) in [4.78, 5) is 28.1. The van der Waals surface area contributed by atoms with Gasteiger partial charge in [-0.2, -0.15) is 0 Å². The van der Waals surface area contributed by atoms with E-state index in [4.69, 9.17) is 14.5 Å². The molecule has 22 heavy (non-hydrogen) atoms. The van der Waals surface area contributed by atoms with Gasteiger partial charge in [-0.25, -0.2) is 14.1 Å². The largest absolute Gasteiger partial charge is 0.469 e. The number of imidazole rings is 1. The van der Waals surface area contributed by atoms with E-state index >= 15 is 0 Å². The van der Waals surface area contributed by atoms with Gasteiger partial charge in [-0.05, 0) is 0 Å². The van der Waals surface area contributed by atoms with Crippen LogP contribution in [0.15, 0.2) is 18.9 Å². The molecule has 120 valence electrons. The van der Waals surface area contributed by atoms with Crippen LogP contribution in [0, 0.1) is 0 Å². The zero-order valence-corrected chi connectivity index (χ0v) is 11.9. The van der Waals surface area contributed by atoms with Crippen LogP contribution in [0.3, 0.4) is 0 Å². The van der Waals surface area contributed by atoms with Crippen molar-refractivity contribution in [1.82, 2.24) is 15.0 Å². The smallest absolute Gasteiger partial charge is 0.387 e. The van der Waals surface area contributed by atoms with Crippen molar-refractivity contribution in [3.8, 4) is 0 Å². The number of nitrogens with one attached hydrogen (secondary N) is 1. The van der Waals surface area contributed by atoms with E-state index in [-0.39, 0.29) is 0 Å². The molecule has 4 atom stereocenters. The fourth-order valence-corrected chi connectivity index (χ4v) is 2.63. The molecule has 0 saturated carbocycles. The molecule has 5 N–H and O–H groups in total. The maximum Gasteiger partial charge on any atom is 0.469 e. The van der Waals surface area contributed by atoms with Gasteiger partial charge in [0.15, 0.2) is 18.2 Å². The third kappa shape index (κ3) is 2.88. The van der Waals surface area contributed by atoms with E-state index < -0.39 is 39.0 Å². The molecule has 1 aliphatic rings. The molecule has 0 radical (unpaired) electrons. The molecule has 2 aromatic heterocycles. The van der Waals surface area contributed by atoms with Crippen LogP contribution in [-0.4, -0.2) is 59.9 Å². The van der Waals surface area contributed by atoms with Crippen LogP contribution in [0.25, 0.3) is 11.2 Å². The summed E-state index contributed by atoms with van der Waals surface area (Å²) >= 11 is 0. The van der Waals surface area contributed by atoms with Crippen molar-refractivity contribution in [3.05, 3.63) is 18.9 Å². The third-order valence-electron chi connectivity index (χ3n) is 3.31. The van der Waals surface area contributed by atoms with Gasteiger partial charge in [0, 0.05) is 0 Å². The van der Waals surface area contributed by atoms with Crippen molar-refractivity contribution in [2.24, 2.45) is 0 Å². The number of rotatable bonds is 4. The number of ether oxygens (including phenoxy) is 1. The molecule has 3 rings (SSSR count). The average Bonchev–Trinajstić information content (AvgIpc) is 3.00. The predicted molar refractivity (Wildman–Crippen MR) is 68.0 cm³/mol. The van der Waals surface area contributed by atoms with Gasteiger partial charge < -0.3 is 24.7 Å². The molecule has 1 aliphatic heterocycles. The summed E-state index contributed by atoms with van der Waals surface area (Å²) in [7, 11) is -4.69. The first kappa shape index (κ1) is 15.4. The number of fused-ring (bicyclic) bond motifs is 1. The maximum atomic E-state index is 10.7. The zero-order valence-electron chi connectivity index (χ0n) is 11.1. The summed E-state index contributed by atoms with van der Waals surface area (Å²) in [6.07, 6.45) is -0.410. The van der Waals surface area contributed by atoms with Crippen molar-refractivity contribution < 1.29 is 38.4 Å². The lowest BCUT2D eigenvalue weighted by Crippen LogP contribution is -2.45. The number of aromatic amines is 1. The molecule has 0 aromatic carbocycles. The standard InChI is InChI=1S/C10H13N4O7P/c15-7-6(2-20-22(17,18)19)21-10(8(7)16)14-4-13-5-1-11-3-12-9(5)14/h1,3-4,6-8,10,15-16H,2H2,(H2,17,18,19)/p+1/t6-,7-,8-,10-/m1/s1. The van der Waals surface area contributed by atoms with Gasteiger partial charge in [-0.3, -0.25) is 9.51 Å². The highest BCUT2D eigenvalue weighted by molar-refractivity contribution is 7.46. The maximum absolute atomic E-state index is 10.7. The number of aliphatic hydroxyl groups excluding tert-OH is 2. The molecule has 0 bridgehead atoms. The first-order valence-corrected chi connectivity index (χ1v) is 7.80. The van der Waals surface area contributed by atoms with Gasteiger partial charge in [0.25, 0.3) is 0 Å². The molecule has 0 unspecified atom stereocenters. The van der Waals surface area contributed by atoms with Crippen molar-refractivity contribution in [1.29, 1.82) is 0 Å². The van der Waals surface area contributed by atoms with E-state index in [1.54, 1.807) is 0 Å². The molecule has 2 aromatic rings. The second-order valence-corrected chi connectivity index (χ2v) is 6.01. The van der Waals surface area contributed by atoms with Crippen LogP contribution in [0.5, 0.6) is 0 Å². The number of hydrogen-bond acceptors (Lipinski definition) is 7. The lowest BCUT2D eigenvalue weighted by Gasteiger charge is -2.14. The van der Waals surface area contributed by atoms with Crippen LogP contribution in [0.4, 0.5) is 0 Å². The van der Waals surface area contributed by atoms with Crippen LogP contribution >= 0.6 is 7.82 Å². The molecule has 1 saturated heterocycles. The summed E-state index contributed by atoms with van der Waals surface area (Å²) in [5.74, 6) is 0. The average molecular weight is 333 g/mol. The lowest BCUT2D eigenvalue weighted by atomic mass is 10.1. The summed E-state index contributed by atoms with van der Waals surface area (Å²) in [6.45, 7) is -0.559. The fraction of sp³-hybridized carbons (Fsp3) is 0.500. The van der Waals surface area contributed by atoms with Gasteiger partial charge >= 0.3 is 13.5 Å².